The molecule has 0 radical (unpaired) electrons. The number of benzene rings is 1. The van der Waals surface area contributed by atoms with E-state index in [0.29, 0.717) is 12.2 Å². The van der Waals surface area contributed by atoms with Gasteiger partial charge in [-0.15, -0.1) is 0 Å². The summed E-state index contributed by atoms with van der Waals surface area (Å²) in [5.74, 6) is 0. The van der Waals surface area contributed by atoms with Crippen LogP contribution in [0.5, 0.6) is 0 Å². The van der Waals surface area contributed by atoms with Crippen molar-refractivity contribution in [2.24, 2.45) is 5.73 Å². The summed E-state index contributed by atoms with van der Waals surface area (Å²) in [6.07, 6.45) is 1.38. The van der Waals surface area contributed by atoms with E-state index in [2.05, 4.69) is 4.98 Å². The zero-order valence-corrected chi connectivity index (χ0v) is 8.51. The first-order valence-corrected chi connectivity index (χ1v) is 4.83. The molecule has 2 rings (SSSR count). The third-order valence-electron chi connectivity index (χ3n) is 2.41. The molecule has 1 aromatic carbocycles. The van der Waals surface area contributed by atoms with Crippen LogP contribution < -0.4 is 5.73 Å². The Bertz CT molecular complexity index is 519. The second-order valence-corrected chi connectivity index (χ2v) is 3.39. The lowest BCUT2D eigenvalue weighted by molar-refractivity contribution is -0.384. The van der Waals surface area contributed by atoms with E-state index in [1.54, 1.807) is 0 Å². The Hall–Kier alpha value is -2.14. The second-order valence-electron chi connectivity index (χ2n) is 3.39. The summed E-state index contributed by atoms with van der Waals surface area (Å²) in [7, 11) is 0. The highest BCUT2D eigenvalue weighted by Gasteiger charge is 2.11. The smallest absolute Gasteiger partial charge is 0.287 e. The molecule has 1 heterocycles. The average Bonchev–Trinajstić information content (AvgIpc) is 2.78. The van der Waals surface area contributed by atoms with Gasteiger partial charge in [0.2, 0.25) is 0 Å². The average molecular weight is 217 g/mol. The van der Waals surface area contributed by atoms with Crippen molar-refractivity contribution in [2.75, 3.05) is 0 Å². The minimum atomic E-state index is -0.426. The van der Waals surface area contributed by atoms with E-state index < -0.39 is 4.92 Å². The fourth-order valence-electron chi connectivity index (χ4n) is 1.60. The van der Waals surface area contributed by atoms with Gasteiger partial charge in [0.05, 0.1) is 16.8 Å². The van der Waals surface area contributed by atoms with Gasteiger partial charge in [0.1, 0.15) is 0 Å². The predicted octanol–water partition coefficient (Wildman–Crippen LogP) is 2.05. The summed E-state index contributed by atoms with van der Waals surface area (Å²) in [4.78, 5) is 13.0. The van der Waals surface area contributed by atoms with Crippen LogP contribution in [0.2, 0.25) is 0 Å². The van der Waals surface area contributed by atoms with Crippen LogP contribution in [0.1, 0.15) is 5.56 Å². The number of nitrogens with one attached hydrogen (secondary N) is 1. The molecule has 82 valence electrons. The number of hydrogen-bond donors (Lipinski definition) is 2. The number of aromatic amines is 1. The molecule has 0 fully saturated rings. The van der Waals surface area contributed by atoms with E-state index >= 15 is 0 Å². The topological polar surface area (TPSA) is 84.9 Å². The van der Waals surface area contributed by atoms with Crippen molar-refractivity contribution in [3.8, 4) is 11.3 Å². The van der Waals surface area contributed by atoms with Crippen LogP contribution >= 0.6 is 0 Å². The Labute approximate surface area is 92.1 Å². The number of nitro groups is 1. The molecule has 0 aliphatic rings. The maximum absolute atomic E-state index is 10.6. The van der Waals surface area contributed by atoms with Gasteiger partial charge in [0.15, 0.2) is 0 Å². The second kappa shape index (κ2) is 4.16. The summed E-state index contributed by atoms with van der Waals surface area (Å²) in [6, 6.07) is 9.07. The van der Waals surface area contributed by atoms with Crippen LogP contribution in [0.15, 0.2) is 36.5 Å². The summed E-state index contributed by atoms with van der Waals surface area (Å²) in [6.45, 7) is 0.406. The standard InChI is InChI=1S/C11H11N3O2/c12-6-8-3-1-2-4-10(8)11-5-9(7-13-11)14(15)16/h1-5,7,13H,6,12H2. The minimum Gasteiger partial charge on any atom is -0.355 e. The van der Waals surface area contributed by atoms with Crippen molar-refractivity contribution in [1.29, 1.82) is 0 Å². The molecular weight excluding hydrogens is 206 g/mol. The predicted molar refractivity (Wildman–Crippen MR) is 60.8 cm³/mol. The summed E-state index contributed by atoms with van der Waals surface area (Å²) >= 11 is 0. The molecule has 0 unspecified atom stereocenters. The first-order valence-electron chi connectivity index (χ1n) is 4.83. The van der Waals surface area contributed by atoms with E-state index in [0.717, 1.165) is 11.1 Å². The van der Waals surface area contributed by atoms with Gasteiger partial charge in [-0.3, -0.25) is 10.1 Å². The molecule has 0 amide bonds. The van der Waals surface area contributed by atoms with Gasteiger partial charge in [-0.1, -0.05) is 24.3 Å². The minimum absolute atomic E-state index is 0.0572. The molecule has 16 heavy (non-hydrogen) atoms. The Balaban J connectivity index is 2.46. The number of H-pyrrole nitrogens is 1. The zero-order chi connectivity index (χ0) is 11.5. The molecule has 3 N–H and O–H groups in total. The van der Waals surface area contributed by atoms with Crippen LogP contribution in [0.3, 0.4) is 0 Å². The first-order chi connectivity index (χ1) is 7.72. The third kappa shape index (κ3) is 1.80. The highest BCUT2D eigenvalue weighted by Crippen LogP contribution is 2.25. The van der Waals surface area contributed by atoms with Gasteiger partial charge in [0, 0.05) is 18.2 Å². The summed E-state index contributed by atoms with van der Waals surface area (Å²) in [5.41, 5.74) is 8.24. The lowest BCUT2D eigenvalue weighted by Crippen LogP contribution is -1.98. The molecule has 0 aliphatic carbocycles. The van der Waals surface area contributed by atoms with Crippen LogP contribution in [-0.2, 0) is 6.54 Å². The maximum atomic E-state index is 10.6. The molecule has 2 aromatic rings. The van der Waals surface area contributed by atoms with Gasteiger partial charge in [-0.2, -0.15) is 0 Å². The quantitative estimate of drug-likeness (QED) is 0.609. The fraction of sp³-hybridized carbons (Fsp3) is 0.0909. The van der Waals surface area contributed by atoms with Crippen molar-refractivity contribution < 1.29 is 4.92 Å². The highest BCUT2D eigenvalue weighted by atomic mass is 16.6. The Morgan fingerprint density at radius 1 is 1.38 bits per heavy atom. The third-order valence-corrected chi connectivity index (χ3v) is 2.41. The number of nitrogens with zero attached hydrogens (tertiary/aromatic N) is 1. The number of nitrogens with two attached hydrogens (primary N) is 1. The van der Waals surface area contributed by atoms with Crippen molar-refractivity contribution in [3.63, 3.8) is 0 Å². The Morgan fingerprint density at radius 2 is 2.12 bits per heavy atom. The van der Waals surface area contributed by atoms with Gasteiger partial charge >= 0.3 is 0 Å². The van der Waals surface area contributed by atoms with Gasteiger partial charge in [-0.25, -0.2) is 0 Å². The zero-order valence-electron chi connectivity index (χ0n) is 8.51. The van der Waals surface area contributed by atoms with Crippen molar-refractivity contribution in [1.82, 2.24) is 4.98 Å². The SMILES string of the molecule is NCc1ccccc1-c1cc([N+](=O)[O-])c[nH]1. The summed E-state index contributed by atoms with van der Waals surface area (Å²) in [5, 5.41) is 10.6. The molecule has 1 aromatic heterocycles. The van der Waals surface area contributed by atoms with E-state index in [-0.39, 0.29) is 5.69 Å². The van der Waals surface area contributed by atoms with Gasteiger partial charge in [0.25, 0.3) is 5.69 Å². The molecule has 0 atom stereocenters. The summed E-state index contributed by atoms with van der Waals surface area (Å²) < 4.78 is 0. The normalized spacial score (nSPS) is 10.3. The lowest BCUT2D eigenvalue weighted by Gasteiger charge is -2.04. The van der Waals surface area contributed by atoms with E-state index in [1.165, 1.54) is 12.3 Å². The Morgan fingerprint density at radius 3 is 2.75 bits per heavy atom. The van der Waals surface area contributed by atoms with Crippen LogP contribution in [0.25, 0.3) is 11.3 Å². The maximum Gasteiger partial charge on any atom is 0.287 e. The van der Waals surface area contributed by atoms with Crippen LogP contribution in [-0.4, -0.2) is 9.91 Å². The number of aromatic nitrogens is 1. The molecule has 0 bridgehead atoms. The van der Waals surface area contributed by atoms with Gasteiger partial charge in [-0.05, 0) is 5.56 Å². The Kier molecular flexibility index (Phi) is 2.70. The molecule has 0 spiro atoms. The molecule has 0 saturated carbocycles. The van der Waals surface area contributed by atoms with E-state index in [4.69, 9.17) is 5.73 Å². The highest BCUT2D eigenvalue weighted by molar-refractivity contribution is 5.66. The van der Waals surface area contributed by atoms with Crippen molar-refractivity contribution in [2.45, 2.75) is 6.54 Å². The van der Waals surface area contributed by atoms with E-state index in [1.807, 2.05) is 24.3 Å². The monoisotopic (exact) mass is 217 g/mol. The molecule has 0 saturated heterocycles. The number of rotatable bonds is 3. The lowest BCUT2D eigenvalue weighted by atomic mass is 10.1. The molecular formula is C11H11N3O2. The van der Waals surface area contributed by atoms with Crippen molar-refractivity contribution >= 4 is 5.69 Å². The molecule has 5 nitrogen and oxygen atoms in total. The number of hydrogen-bond acceptors (Lipinski definition) is 3. The van der Waals surface area contributed by atoms with E-state index in [9.17, 15) is 10.1 Å². The van der Waals surface area contributed by atoms with Crippen LogP contribution in [0.4, 0.5) is 5.69 Å². The van der Waals surface area contributed by atoms with Crippen molar-refractivity contribution in [3.05, 3.63) is 52.2 Å². The largest absolute Gasteiger partial charge is 0.355 e. The first kappa shape index (κ1) is 10.4. The molecule has 0 aliphatic heterocycles. The van der Waals surface area contributed by atoms with Crippen LogP contribution in [0, 0.1) is 10.1 Å². The van der Waals surface area contributed by atoms with Gasteiger partial charge < -0.3 is 10.7 Å². The molecule has 5 heteroatoms. The fourth-order valence-corrected chi connectivity index (χ4v) is 1.60.